The van der Waals surface area contributed by atoms with Crippen LogP contribution in [0, 0.1) is 12.7 Å². The Kier molecular flexibility index (Phi) is 3.79. The van der Waals surface area contributed by atoms with Crippen LogP contribution in [0.1, 0.15) is 11.1 Å². The average molecular weight is 263 g/mol. The van der Waals surface area contributed by atoms with Gasteiger partial charge < -0.3 is 15.2 Å². The van der Waals surface area contributed by atoms with Gasteiger partial charge in [0.2, 0.25) is 0 Å². The standard InChI is InChI=1S/C13H14FN3O2/c1-8-5-9(3-4-11(8)18-2)7-19-13-16-6-10(14)12(15)17-13/h3-6H,7H2,1-2H3,(H2,15,16,17). The van der Waals surface area contributed by atoms with Gasteiger partial charge in [0.1, 0.15) is 12.4 Å². The summed E-state index contributed by atoms with van der Waals surface area (Å²) in [5, 5.41) is 0. The highest BCUT2D eigenvalue weighted by molar-refractivity contribution is 5.36. The van der Waals surface area contributed by atoms with Gasteiger partial charge in [-0.1, -0.05) is 6.07 Å². The van der Waals surface area contributed by atoms with Gasteiger partial charge in [0, 0.05) is 0 Å². The first-order valence-corrected chi connectivity index (χ1v) is 5.64. The van der Waals surface area contributed by atoms with Gasteiger partial charge >= 0.3 is 6.01 Å². The van der Waals surface area contributed by atoms with Crippen LogP contribution in [-0.2, 0) is 6.61 Å². The molecule has 100 valence electrons. The van der Waals surface area contributed by atoms with E-state index >= 15 is 0 Å². The Morgan fingerprint density at radius 3 is 2.79 bits per heavy atom. The van der Waals surface area contributed by atoms with E-state index in [4.69, 9.17) is 15.2 Å². The third-order valence-corrected chi connectivity index (χ3v) is 2.58. The molecule has 1 aromatic carbocycles. The summed E-state index contributed by atoms with van der Waals surface area (Å²) in [6.45, 7) is 2.21. The van der Waals surface area contributed by atoms with E-state index in [1.807, 2.05) is 25.1 Å². The molecular formula is C13H14FN3O2. The summed E-state index contributed by atoms with van der Waals surface area (Å²) in [6, 6.07) is 5.71. The van der Waals surface area contributed by atoms with Crippen molar-refractivity contribution in [2.75, 3.05) is 12.8 Å². The summed E-state index contributed by atoms with van der Waals surface area (Å²) in [6.07, 6.45) is 0.983. The number of nitrogens with zero attached hydrogens (tertiary/aromatic N) is 2. The quantitative estimate of drug-likeness (QED) is 0.914. The number of rotatable bonds is 4. The molecular weight excluding hydrogens is 249 g/mol. The highest BCUT2D eigenvalue weighted by Gasteiger charge is 2.05. The largest absolute Gasteiger partial charge is 0.496 e. The van der Waals surface area contributed by atoms with Crippen LogP contribution >= 0.6 is 0 Å². The number of ether oxygens (including phenoxy) is 2. The monoisotopic (exact) mass is 263 g/mol. The molecule has 0 aliphatic heterocycles. The highest BCUT2D eigenvalue weighted by Crippen LogP contribution is 2.19. The lowest BCUT2D eigenvalue weighted by Crippen LogP contribution is -2.03. The topological polar surface area (TPSA) is 70.3 Å². The molecule has 0 aliphatic rings. The molecule has 2 aromatic rings. The number of aromatic nitrogens is 2. The van der Waals surface area contributed by atoms with E-state index in [0.717, 1.165) is 23.1 Å². The molecule has 0 unspecified atom stereocenters. The van der Waals surface area contributed by atoms with Gasteiger partial charge in [-0.05, 0) is 30.2 Å². The van der Waals surface area contributed by atoms with Crippen LogP contribution in [0.15, 0.2) is 24.4 Å². The van der Waals surface area contributed by atoms with Gasteiger partial charge in [0.15, 0.2) is 11.6 Å². The Morgan fingerprint density at radius 2 is 2.16 bits per heavy atom. The molecule has 2 N–H and O–H groups in total. The fraction of sp³-hybridized carbons (Fsp3) is 0.231. The molecule has 0 saturated carbocycles. The maximum Gasteiger partial charge on any atom is 0.318 e. The molecule has 1 heterocycles. The first-order chi connectivity index (χ1) is 9.10. The Labute approximate surface area is 110 Å². The summed E-state index contributed by atoms with van der Waals surface area (Å²) >= 11 is 0. The predicted octanol–water partition coefficient (Wildman–Crippen LogP) is 2.09. The normalized spacial score (nSPS) is 10.3. The van der Waals surface area contributed by atoms with Crippen LogP contribution in [0.25, 0.3) is 0 Å². The van der Waals surface area contributed by atoms with Crippen molar-refractivity contribution < 1.29 is 13.9 Å². The van der Waals surface area contributed by atoms with Crippen molar-refractivity contribution >= 4 is 5.82 Å². The summed E-state index contributed by atoms with van der Waals surface area (Å²) in [7, 11) is 1.62. The van der Waals surface area contributed by atoms with E-state index in [-0.39, 0.29) is 18.4 Å². The lowest BCUT2D eigenvalue weighted by Gasteiger charge is -2.08. The predicted molar refractivity (Wildman–Crippen MR) is 68.5 cm³/mol. The Bertz CT molecular complexity index is 590. The van der Waals surface area contributed by atoms with Gasteiger partial charge in [-0.3, -0.25) is 0 Å². The first kappa shape index (κ1) is 13.1. The van der Waals surface area contributed by atoms with Crippen molar-refractivity contribution in [3.05, 3.63) is 41.3 Å². The third kappa shape index (κ3) is 3.09. The number of halogens is 1. The van der Waals surface area contributed by atoms with Crippen molar-refractivity contribution in [2.45, 2.75) is 13.5 Å². The molecule has 19 heavy (non-hydrogen) atoms. The molecule has 0 radical (unpaired) electrons. The SMILES string of the molecule is COc1ccc(COc2ncc(F)c(N)n2)cc1C. The maximum atomic E-state index is 12.9. The lowest BCUT2D eigenvalue weighted by atomic mass is 10.1. The van der Waals surface area contributed by atoms with E-state index in [0.29, 0.717) is 0 Å². The minimum atomic E-state index is -0.660. The summed E-state index contributed by atoms with van der Waals surface area (Å²) in [4.78, 5) is 7.39. The molecule has 6 heteroatoms. The van der Waals surface area contributed by atoms with E-state index in [2.05, 4.69) is 9.97 Å². The molecule has 0 fully saturated rings. The Morgan fingerprint density at radius 1 is 1.37 bits per heavy atom. The summed E-state index contributed by atoms with van der Waals surface area (Å²) < 4.78 is 23.4. The van der Waals surface area contributed by atoms with Gasteiger partial charge in [-0.25, -0.2) is 9.37 Å². The number of nitrogen functional groups attached to an aromatic ring is 1. The second-order valence-electron chi connectivity index (χ2n) is 3.98. The van der Waals surface area contributed by atoms with Gasteiger partial charge in [-0.2, -0.15) is 4.98 Å². The summed E-state index contributed by atoms with van der Waals surface area (Å²) in [5.74, 6) is -0.0745. The second-order valence-corrected chi connectivity index (χ2v) is 3.98. The van der Waals surface area contributed by atoms with Gasteiger partial charge in [-0.15, -0.1) is 0 Å². The van der Waals surface area contributed by atoms with Crippen LogP contribution < -0.4 is 15.2 Å². The van der Waals surface area contributed by atoms with E-state index in [1.54, 1.807) is 7.11 Å². The molecule has 0 saturated heterocycles. The third-order valence-electron chi connectivity index (χ3n) is 2.58. The second kappa shape index (κ2) is 5.51. The Balaban J connectivity index is 2.05. The zero-order chi connectivity index (χ0) is 13.8. The van der Waals surface area contributed by atoms with Crippen molar-refractivity contribution in [1.82, 2.24) is 9.97 Å². The Hall–Kier alpha value is -2.37. The number of anilines is 1. The fourth-order valence-corrected chi connectivity index (χ4v) is 1.61. The minimum Gasteiger partial charge on any atom is -0.496 e. The molecule has 0 aliphatic carbocycles. The number of hydrogen-bond donors (Lipinski definition) is 1. The molecule has 1 aromatic heterocycles. The van der Waals surface area contributed by atoms with Crippen LogP contribution in [0.2, 0.25) is 0 Å². The molecule has 0 atom stereocenters. The lowest BCUT2D eigenvalue weighted by molar-refractivity contribution is 0.279. The molecule has 2 rings (SSSR count). The molecule has 0 bridgehead atoms. The molecule has 5 nitrogen and oxygen atoms in total. The van der Waals surface area contributed by atoms with Crippen LogP contribution in [0.3, 0.4) is 0 Å². The smallest absolute Gasteiger partial charge is 0.318 e. The first-order valence-electron chi connectivity index (χ1n) is 5.64. The van der Waals surface area contributed by atoms with Crippen LogP contribution in [-0.4, -0.2) is 17.1 Å². The van der Waals surface area contributed by atoms with Crippen molar-refractivity contribution in [2.24, 2.45) is 0 Å². The number of methoxy groups -OCH3 is 1. The van der Waals surface area contributed by atoms with Crippen molar-refractivity contribution in [1.29, 1.82) is 0 Å². The number of hydrogen-bond acceptors (Lipinski definition) is 5. The van der Waals surface area contributed by atoms with Crippen LogP contribution in [0.5, 0.6) is 11.8 Å². The van der Waals surface area contributed by atoms with Crippen molar-refractivity contribution in [3.8, 4) is 11.8 Å². The maximum absolute atomic E-state index is 12.9. The summed E-state index contributed by atoms with van der Waals surface area (Å²) in [5.41, 5.74) is 7.27. The number of aryl methyl sites for hydroxylation is 1. The van der Waals surface area contributed by atoms with E-state index in [9.17, 15) is 4.39 Å². The fourth-order valence-electron chi connectivity index (χ4n) is 1.61. The van der Waals surface area contributed by atoms with Crippen LogP contribution in [0.4, 0.5) is 10.2 Å². The van der Waals surface area contributed by atoms with Gasteiger partial charge in [0.05, 0.1) is 13.3 Å². The van der Waals surface area contributed by atoms with Crippen molar-refractivity contribution in [3.63, 3.8) is 0 Å². The molecule has 0 amide bonds. The zero-order valence-corrected chi connectivity index (χ0v) is 10.7. The van der Waals surface area contributed by atoms with E-state index < -0.39 is 5.82 Å². The van der Waals surface area contributed by atoms with E-state index in [1.165, 1.54) is 0 Å². The average Bonchev–Trinajstić information content (AvgIpc) is 2.40. The number of nitrogens with two attached hydrogens (primary N) is 1. The minimum absolute atomic E-state index is 0.0485. The van der Waals surface area contributed by atoms with Gasteiger partial charge in [0.25, 0.3) is 0 Å². The highest BCUT2D eigenvalue weighted by atomic mass is 19.1. The zero-order valence-electron chi connectivity index (χ0n) is 10.7. The molecule has 0 spiro atoms. The number of benzene rings is 1.